The van der Waals surface area contributed by atoms with Crippen LogP contribution >= 0.6 is 0 Å². The Kier molecular flexibility index (Phi) is 6.94. The van der Waals surface area contributed by atoms with Gasteiger partial charge in [0.25, 0.3) is 0 Å². The van der Waals surface area contributed by atoms with Crippen molar-refractivity contribution >= 4 is 6.29 Å². The molecule has 0 fully saturated rings. The van der Waals surface area contributed by atoms with Gasteiger partial charge in [-0.3, -0.25) is 0 Å². The first-order chi connectivity index (χ1) is 5.70. The lowest BCUT2D eigenvalue weighted by Crippen LogP contribution is -2.15. The van der Waals surface area contributed by atoms with Gasteiger partial charge in [-0.05, 0) is 6.92 Å². The molecule has 0 aromatic rings. The van der Waals surface area contributed by atoms with E-state index in [4.69, 9.17) is 14.2 Å². The Hall–Kier alpha value is -0.450. The van der Waals surface area contributed by atoms with E-state index in [1.807, 2.05) is 0 Å². The van der Waals surface area contributed by atoms with Crippen LogP contribution in [0, 0.1) is 5.92 Å². The number of hydrogen-bond acceptors (Lipinski definition) is 4. The van der Waals surface area contributed by atoms with Crippen molar-refractivity contribution in [1.29, 1.82) is 0 Å². The summed E-state index contributed by atoms with van der Waals surface area (Å²) in [6.45, 7) is 4.10. The van der Waals surface area contributed by atoms with Crippen LogP contribution in [-0.4, -0.2) is 33.1 Å². The number of methoxy groups -OCH3 is 1. The van der Waals surface area contributed by atoms with E-state index < -0.39 is 0 Å². The molecule has 0 heterocycles. The third kappa shape index (κ3) is 6.27. The minimum atomic E-state index is -0.267. The summed E-state index contributed by atoms with van der Waals surface area (Å²) in [5, 5.41) is 0. The van der Waals surface area contributed by atoms with Crippen molar-refractivity contribution in [2.24, 2.45) is 5.92 Å². The monoisotopic (exact) mass is 176 g/mol. The molecule has 0 bridgehead atoms. The van der Waals surface area contributed by atoms with Crippen molar-refractivity contribution in [3.8, 4) is 0 Å². The maximum Gasteiger partial charge on any atom is 0.157 e. The third-order valence-electron chi connectivity index (χ3n) is 1.33. The molecule has 0 spiro atoms. The van der Waals surface area contributed by atoms with Gasteiger partial charge in [-0.1, -0.05) is 6.92 Å². The van der Waals surface area contributed by atoms with E-state index in [0.29, 0.717) is 6.61 Å². The van der Waals surface area contributed by atoms with Crippen molar-refractivity contribution in [1.82, 2.24) is 0 Å². The van der Waals surface area contributed by atoms with Crippen LogP contribution in [0.2, 0.25) is 0 Å². The zero-order valence-corrected chi connectivity index (χ0v) is 7.78. The van der Waals surface area contributed by atoms with Crippen molar-refractivity contribution in [3.05, 3.63) is 0 Å². The molecule has 0 amide bonds. The Morgan fingerprint density at radius 2 is 2.08 bits per heavy atom. The highest BCUT2D eigenvalue weighted by Gasteiger charge is 2.01. The first-order valence-corrected chi connectivity index (χ1v) is 3.88. The van der Waals surface area contributed by atoms with Gasteiger partial charge in [0.2, 0.25) is 0 Å². The third-order valence-corrected chi connectivity index (χ3v) is 1.33. The maximum absolute atomic E-state index is 10.1. The topological polar surface area (TPSA) is 44.8 Å². The predicted octanol–water partition coefficient (Wildman–Crippen LogP) is 0.804. The maximum atomic E-state index is 10.1. The minimum absolute atomic E-state index is 0.0774. The molecule has 4 nitrogen and oxygen atoms in total. The standard InChI is InChI=1S/C8H16O4/c1-7(4-9)5-11-6-12-8(2)10-3/h4,7-8H,5-6H2,1-3H3/t7-,8?/m1/s1. The Labute approximate surface area is 72.8 Å². The summed E-state index contributed by atoms with van der Waals surface area (Å²) in [5.41, 5.74) is 0. The molecule has 0 aliphatic carbocycles. The average Bonchev–Trinajstić information content (AvgIpc) is 2.11. The van der Waals surface area contributed by atoms with Gasteiger partial charge < -0.3 is 19.0 Å². The number of hydrogen-bond donors (Lipinski definition) is 0. The van der Waals surface area contributed by atoms with E-state index in [0.717, 1.165) is 6.29 Å². The second-order valence-electron chi connectivity index (χ2n) is 2.57. The summed E-state index contributed by atoms with van der Waals surface area (Å²) < 4.78 is 14.9. The van der Waals surface area contributed by atoms with Gasteiger partial charge in [0.1, 0.15) is 13.1 Å². The number of rotatable bonds is 7. The van der Waals surface area contributed by atoms with Crippen LogP contribution in [0.25, 0.3) is 0 Å². The number of aldehydes is 1. The fourth-order valence-corrected chi connectivity index (χ4v) is 0.485. The second kappa shape index (κ2) is 7.21. The zero-order chi connectivity index (χ0) is 9.40. The predicted molar refractivity (Wildman–Crippen MR) is 43.6 cm³/mol. The molecule has 2 atom stereocenters. The molecule has 0 rings (SSSR count). The summed E-state index contributed by atoms with van der Waals surface area (Å²) in [4.78, 5) is 10.1. The van der Waals surface area contributed by atoms with Crippen molar-refractivity contribution in [2.45, 2.75) is 20.1 Å². The summed E-state index contributed by atoms with van der Waals surface area (Å²) in [7, 11) is 1.55. The minimum Gasteiger partial charge on any atom is -0.356 e. The van der Waals surface area contributed by atoms with Crippen LogP contribution in [0.4, 0.5) is 0 Å². The van der Waals surface area contributed by atoms with E-state index >= 15 is 0 Å². The molecule has 1 unspecified atom stereocenters. The molecule has 0 aromatic carbocycles. The quantitative estimate of drug-likeness (QED) is 0.327. The molecular formula is C8H16O4. The molecule has 0 aliphatic rings. The molecule has 72 valence electrons. The lowest BCUT2D eigenvalue weighted by molar-refractivity contribution is -0.177. The second-order valence-corrected chi connectivity index (χ2v) is 2.57. The van der Waals surface area contributed by atoms with Gasteiger partial charge in [0, 0.05) is 13.0 Å². The highest BCUT2D eigenvalue weighted by molar-refractivity contribution is 5.52. The average molecular weight is 176 g/mol. The molecular weight excluding hydrogens is 160 g/mol. The van der Waals surface area contributed by atoms with E-state index in [1.165, 1.54) is 0 Å². The Morgan fingerprint density at radius 3 is 2.58 bits per heavy atom. The molecule has 0 aromatic heterocycles. The number of ether oxygens (including phenoxy) is 3. The Balaban J connectivity index is 3.15. The normalized spacial score (nSPS) is 15.6. The van der Waals surface area contributed by atoms with Gasteiger partial charge in [-0.15, -0.1) is 0 Å². The lowest BCUT2D eigenvalue weighted by Gasteiger charge is -2.11. The van der Waals surface area contributed by atoms with Gasteiger partial charge in [0.15, 0.2) is 6.29 Å². The van der Waals surface area contributed by atoms with E-state index in [1.54, 1.807) is 21.0 Å². The molecule has 0 saturated carbocycles. The van der Waals surface area contributed by atoms with Gasteiger partial charge >= 0.3 is 0 Å². The first-order valence-electron chi connectivity index (χ1n) is 3.88. The summed E-state index contributed by atoms with van der Waals surface area (Å²) in [6.07, 6.45) is 0.580. The molecule has 0 aliphatic heterocycles. The Morgan fingerprint density at radius 1 is 1.42 bits per heavy atom. The SMILES string of the molecule is COC(C)OCOC[C@H](C)C=O. The first kappa shape index (κ1) is 11.6. The summed E-state index contributed by atoms with van der Waals surface area (Å²) >= 11 is 0. The summed E-state index contributed by atoms with van der Waals surface area (Å²) in [5.74, 6) is -0.0774. The van der Waals surface area contributed by atoms with Gasteiger partial charge in [-0.25, -0.2) is 0 Å². The van der Waals surface area contributed by atoms with Crippen LogP contribution in [0.5, 0.6) is 0 Å². The van der Waals surface area contributed by atoms with Crippen molar-refractivity contribution in [2.75, 3.05) is 20.5 Å². The smallest absolute Gasteiger partial charge is 0.157 e. The van der Waals surface area contributed by atoms with E-state index in [-0.39, 0.29) is 19.0 Å². The molecule has 4 heteroatoms. The largest absolute Gasteiger partial charge is 0.356 e. The van der Waals surface area contributed by atoms with Crippen LogP contribution < -0.4 is 0 Å². The van der Waals surface area contributed by atoms with E-state index in [2.05, 4.69) is 0 Å². The van der Waals surface area contributed by atoms with Crippen molar-refractivity contribution in [3.63, 3.8) is 0 Å². The van der Waals surface area contributed by atoms with Crippen LogP contribution in [0.15, 0.2) is 0 Å². The molecule has 0 saturated heterocycles. The fraction of sp³-hybridized carbons (Fsp3) is 0.875. The zero-order valence-electron chi connectivity index (χ0n) is 7.78. The fourth-order valence-electron chi connectivity index (χ4n) is 0.485. The highest BCUT2D eigenvalue weighted by Crippen LogP contribution is 1.94. The number of carbonyl (C=O) groups is 1. The molecule has 0 radical (unpaired) electrons. The van der Waals surface area contributed by atoms with Crippen LogP contribution in [-0.2, 0) is 19.0 Å². The van der Waals surface area contributed by atoms with Crippen LogP contribution in [0.1, 0.15) is 13.8 Å². The van der Waals surface area contributed by atoms with Crippen molar-refractivity contribution < 1.29 is 19.0 Å². The summed E-state index contributed by atoms with van der Waals surface area (Å²) in [6, 6.07) is 0. The van der Waals surface area contributed by atoms with Gasteiger partial charge in [0.05, 0.1) is 6.61 Å². The highest BCUT2D eigenvalue weighted by atomic mass is 16.7. The molecule has 0 N–H and O–H groups in total. The lowest BCUT2D eigenvalue weighted by atomic mass is 10.2. The Bertz CT molecular complexity index is 116. The van der Waals surface area contributed by atoms with Crippen LogP contribution in [0.3, 0.4) is 0 Å². The molecule has 12 heavy (non-hydrogen) atoms. The van der Waals surface area contributed by atoms with E-state index in [9.17, 15) is 4.79 Å². The van der Waals surface area contributed by atoms with Gasteiger partial charge in [-0.2, -0.15) is 0 Å². The number of carbonyl (C=O) groups excluding carboxylic acids is 1.